The highest BCUT2D eigenvalue weighted by Gasteiger charge is 2.23. The zero-order valence-corrected chi connectivity index (χ0v) is 18.9. The Balaban J connectivity index is 1.87. The number of fused-ring (bicyclic) bond motifs is 1. The molecule has 0 aliphatic rings. The lowest BCUT2D eigenvalue weighted by atomic mass is 10.1. The fraction of sp³-hybridized carbons (Fsp3) is 0.273. The zero-order valence-electron chi connectivity index (χ0n) is 17.3. The van der Waals surface area contributed by atoms with Crippen LogP contribution in [0.25, 0.3) is 11.0 Å². The van der Waals surface area contributed by atoms with E-state index in [-0.39, 0.29) is 17.1 Å². The summed E-state index contributed by atoms with van der Waals surface area (Å²) < 4.78 is 37.3. The van der Waals surface area contributed by atoms with Gasteiger partial charge in [-0.15, -0.1) is 0 Å². The monoisotopic (exact) mass is 463 g/mol. The van der Waals surface area contributed by atoms with Crippen molar-refractivity contribution in [2.45, 2.75) is 32.3 Å². The fourth-order valence-electron chi connectivity index (χ4n) is 3.19. The highest BCUT2D eigenvalue weighted by atomic mass is 35.5. The minimum atomic E-state index is -3.71. The Morgan fingerprint density at radius 3 is 2.52 bits per heavy atom. The molecule has 31 heavy (non-hydrogen) atoms. The number of aryl methyl sites for hydroxylation is 1. The van der Waals surface area contributed by atoms with Crippen LogP contribution in [-0.2, 0) is 21.4 Å². The number of hydrogen-bond acceptors (Lipinski definition) is 6. The number of ether oxygens (including phenoxy) is 1. The smallest absolute Gasteiger partial charge is 0.338 e. The van der Waals surface area contributed by atoms with Crippen molar-refractivity contribution in [2.75, 3.05) is 13.1 Å². The molecular weight excluding hydrogens is 442 g/mol. The molecule has 164 valence electrons. The van der Waals surface area contributed by atoms with E-state index < -0.39 is 21.6 Å². The van der Waals surface area contributed by atoms with Gasteiger partial charge in [-0.05, 0) is 42.8 Å². The van der Waals surface area contributed by atoms with Crippen molar-refractivity contribution >= 4 is 38.6 Å². The lowest BCUT2D eigenvalue weighted by Crippen LogP contribution is -2.30. The molecule has 0 atom stereocenters. The summed E-state index contributed by atoms with van der Waals surface area (Å²) in [7, 11) is -3.71. The predicted molar refractivity (Wildman–Crippen MR) is 118 cm³/mol. The van der Waals surface area contributed by atoms with Gasteiger partial charge in [-0.3, -0.25) is 0 Å². The maximum absolute atomic E-state index is 12.7. The van der Waals surface area contributed by atoms with Crippen LogP contribution in [-0.4, -0.2) is 31.8 Å². The van der Waals surface area contributed by atoms with Crippen molar-refractivity contribution in [3.8, 4) is 0 Å². The molecular formula is C22H22ClNO6S. The van der Waals surface area contributed by atoms with Crippen molar-refractivity contribution in [1.29, 1.82) is 0 Å². The van der Waals surface area contributed by atoms with Gasteiger partial charge in [-0.1, -0.05) is 31.5 Å². The molecule has 2 aromatic carbocycles. The van der Waals surface area contributed by atoms with Crippen molar-refractivity contribution < 1.29 is 22.4 Å². The largest absolute Gasteiger partial charge is 0.457 e. The average molecular weight is 464 g/mol. The summed E-state index contributed by atoms with van der Waals surface area (Å²) >= 11 is 6.18. The Morgan fingerprint density at radius 2 is 1.84 bits per heavy atom. The SMILES string of the molecule is CCN(CC)S(=O)(=O)c1cccc(C(=O)OCc2cc(=O)oc3cc(C)c(Cl)cc23)c1. The van der Waals surface area contributed by atoms with Gasteiger partial charge in [-0.2, -0.15) is 4.31 Å². The van der Waals surface area contributed by atoms with Gasteiger partial charge >= 0.3 is 11.6 Å². The summed E-state index contributed by atoms with van der Waals surface area (Å²) in [5.74, 6) is -0.712. The van der Waals surface area contributed by atoms with Gasteiger partial charge in [0.15, 0.2) is 0 Å². The lowest BCUT2D eigenvalue weighted by molar-refractivity contribution is 0.0473. The van der Waals surface area contributed by atoms with Crippen LogP contribution in [0.5, 0.6) is 0 Å². The average Bonchev–Trinajstić information content (AvgIpc) is 2.73. The number of nitrogens with zero attached hydrogens (tertiary/aromatic N) is 1. The first-order valence-corrected chi connectivity index (χ1v) is 11.5. The molecule has 1 heterocycles. The topological polar surface area (TPSA) is 93.9 Å². The molecule has 0 bridgehead atoms. The first-order valence-electron chi connectivity index (χ1n) is 9.67. The Morgan fingerprint density at radius 1 is 1.13 bits per heavy atom. The van der Waals surface area contributed by atoms with Crippen molar-refractivity contribution in [2.24, 2.45) is 0 Å². The van der Waals surface area contributed by atoms with Crippen LogP contribution < -0.4 is 5.63 Å². The lowest BCUT2D eigenvalue weighted by Gasteiger charge is -2.18. The standard InChI is InChI=1S/C22H22ClNO6S/c1-4-24(5-2)31(27,28)17-8-6-7-15(10-17)22(26)29-13-16-11-21(25)30-20-9-14(3)19(23)12-18(16)20/h6-12H,4-5,13H2,1-3H3. The Kier molecular flexibility index (Phi) is 6.83. The Labute approximate surface area is 185 Å². The molecule has 0 saturated heterocycles. The minimum absolute atomic E-state index is 0.0127. The van der Waals surface area contributed by atoms with E-state index in [1.165, 1.54) is 34.6 Å². The zero-order chi connectivity index (χ0) is 22.8. The van der Waals surface area contributed by atoms with E-state index >= 15 is 0 Å². The quantitative estimate of drug-likeness (QED) is 0.386. The molecule has 1 aromatic heterocycles. The van der Waals surface area contributed by atoms with Crippen LogP contribution in [0.4, 0.5) is 0 Å². The van der Waals surface area contributed by atoms with Gasteiger partial charge in [0, 0.05) is 35.1 Å². The number of benzene rings is 2. The maximum Gasteiger partial charge on any atom is 0.338 e. The highest BCUT2D eigenvalue weighted by Crippen LogP contribution is 2.26. The van der Waals surface area contributed by atoms with Crippen molar-refractivity contribution in [3.63, 3.8) is 0 Å². The van der Waals surface area contributed by atoms with E-state index in [4.69, 9.17) is 20.8 Å². The van der Waals surface area contributed by atoms with Gasteiger partial charge in [0.1, 0.15) is 12.2 Å². The molecule has 0 aliphatic heterocycles. The molecule has 0 fully saturated rings. The summed E-state index contributed by atoms with van der Waals surface area (Å²) in [5.41, 5.74) is 1.04. The summed E-state index contributed by atoms with van der Waals surface area (Å²) in [6.07, 6.45) is 0. The second-order valence-corrected chi connectivity index (χ2v) is 9.23. The van der Waals surface area contributed by atoms with Crippen LogP contribution in [0.2, 0.25) is 5.02 Å². The van der Waals surface area contributed by atoms with E-state index in [1.54, 1.807) is 32.9 Å². The summed E-state index contributed by atoms with van der Waals surface area (Å²) in [5, 5.41) is 1.05. The number of carbonyl (C=O) groups excluding carboxylic acids is 1. The highest BCUT2D eigenvalue weighted by molar-refractivity contribution is 7.89. The second kappa shape index (κ2) is 9.21. The number of halogens is 1. The van der Waals surface area contributed by atoms with E-state index in [2.05, 4.69) is 0 Å². The number of rotatable bonds is 7. The third kappa shape index (κ3) is 4.81. The molecule has 0 unspecified atom stereocenters. The molecule has 3 aromatic rings. The molecule has 0 saturated carbocycles. The van der Waals surface area contributed by atoms with Gasteiger partial charge in [0.25, 0.3) is 0 Å². The molecule has 0 spiro atoms. The first kappa shape index (κ1) is 23.0. The van der Waals surface area contributed by atoms with Crippen LogP contribution >= 0.6 is 11.6 Å². The van der Waals surface area contributed by atoms with Crippen LogP contribution in [0.15, 0.2) is 56.6 Å². The normalized spacial score (nSPS) is 11.8. The van der Waals surface area contributed by atoms with E-state index in [0.717, 1.165) is 5.56 Å². The fourth-order valence-corrected chi connectivity index (χ4v) is 4.86. The number of hydrogen-bond donors (Lipinski definition) is 0. The predicted octanol–water partition coefficient (Wildman–Crippen LogP) is 4.14. The third-order valence-electron chi connectivity index (χ3n) is 4.88. The summed E-state index contributed by atoms with van der Waals surface area (Å²) in [6.45, 7) is 5.71. The summed E-state index contributed by atoms with van der Waals surface area (Å²) in [6, 6.07) is 10.2. The molecule has 0 amide bonds. The van der Waals surface area contributed by atoms with Crippen LogP contribution in [0.1, 0.15) is 35.3 Å². The summed E-state index contributed by atoms with van der Waals surface area (Å²) in [4.78, 5) is 24.5. The van der Waals surface area contributed by atoms with Gasteiger partial charge in [-0.25, -0.2) is 18.0 Å². The molecule has 9 heteroatoms. The van der Waals surface area contributed by atoms with Gasteiger partial charge in [0.05, 0.1) is 10.5 Å². The number of sulfonamides is 1. The number of carbonyl (C=O) groups is 1. The molecule has 0 N–H and O–H groups in total. The van der Waals surface area contributed by atoms with Crippen molar-refractivity contribution in [3.05, 3.63) is 74.6 Å². The molecule has 7 nitrogen and oxygen atoms in total. The van der Waals surface area contributed by atoms with Gasteiger partial charge in [0.2, 0.25) is 10.0 Å². The van der Waals surface area contributed by atoms with Crippen LogP contribution in [0, 0.1) is 6.92 Å². The third-order valence-corrected chi connectivity index (χ3v) is 7.33. The molecule has 0 radical (unpaired) electrons. The molecule has 0 aliphatic carbocycles. The van der Waals surface area contributed by atoms with Gasteiger partial charge < -0.3 is 9.15 Å². The first-order chi connectivity index (χ1) is 14.7. The van der Waals surface area contributed by atoms with E-state index in [9.17, 15) is 18.0 Å². The number of esters is 1. The maximum atomic E-state index is 12.7. The van der Waals surface area contributed by atoms with Crippen molar-refractivity contribution in [1.82, 2.24) is 4.31 Å². The Bertz CT molecular complexity index is 1300. The molecule has 3 rings (SSSR count). The van der Waals surface area contributed by atoms with E-state index in [1.807, 2.05) is 0 Å². The minimum Gasteiger partial charge on any atom is -0.457 e. The van der Waals surface area contributed by atoms with Crippen LogP contribution in [0.3, 0.4) is 0 Å². The second-order valence-electron chi connectivity index (χ2n) is 6.88. The van der Waals surface area contributed by atoms with E-state index in [0.29, 0.717) is 34.6 Å². The Hall–Kier alpha value is -2.68.